The standard InChI is InChI=1S/C19H22N2O2S3/c1-5-14-6-8-15(9-7-14)21-26(22,23)18-10-17(25-13(18)4)19-20-16(11-24-19)12(2)3/h6-12,21H,5H2,1-4H3. The summed E-state index contributed by atoms with van der Waals surface area (Å²) in [6.45, 7) is 8.10. The van der Waals surface area contributed by atoms with Crippen molar-refractivity contribution in [1.29, 1.82) is 0 Å². The van der Waals surface area contributed by atoms with Gasteiger partial charge >= 0.3 is 0 Å². The monoisotopic (exact) mass is 406 g/mol. The summed E-state index contributed by atoms with van der Waals surface area (Å²) < 4.78 is 28.3. The molecular weight excluding hydrogens is 384 g/mol. The van der Waals surface area contributed by atoms with Crippen LogP contribution in [0.3, 0.4) is 0 Å². The predicted octanol–water partition coefficient (Wildman–Crippen LogP) is 5.67. The number of benzene rings is 1. The van der Waals surface area contributed by atoms with Crippen LogP contribution in [0.15, 0.2) is 40.6 Å². The van der Waals surface area contributed by atoms with E-state index in [1.54, 1.807) is 29.5 Å². The third-order valence-corrected chi connectivity index (χ3v) is 7.82. The van der Waals surface area contributed by atoms with E-state index < -0.39 is 10.0 Å². The zero-order chi connectivity index (χ0) is 18.9. The number of aryl methyl sites for hydroxylation is 2. The summed E-state index contributed by atoms with van der Waals surface area (Å²) in [6.07, 6.45) is 0.923. The number of sulfonamides is 1. The van der Waals surface area contributed by atoms with Gasteiger partial charge in [-0.2, -0.15) is 0 Å². The van der Waals surface area contributed by atoms with Gasteiger partial charge in [-0.3, -0.25) is 4.72 Å². The second-order valence-corrected chi connectivity index (χ2v) is 10.2. The summed E-state index contributed by atoms with van der Waals surface area (Å²) in [4.78, 5) is 6.60. The average molecular weight is 407 g/mol. The van der Waals surface area contributed by atoms with Gasteiger partial charge in [-0.05, 0) is 43.0 Å². The van der Waals surface area contributed by atoms with E-state index >= 15 is 0 Å². The van der Waals surface area contributed by atoms with E-state index in [0.717, 1.165) is 26.9 Å². The maximum Gasteiger partial charge on any atom is 0.263 e. The first kappa shape index (κ1) is 19.1. The van der Waals surface area contributed by atoms with Crippen LogP contribution in [0.25, 0.3) is 9.88 Å². The number of anilines is 1. The summed E-state index contributed by atoms with van der Waals surface area (Å²) in [5.41, 5.74) is 2.78. The normalized spacial score (nSPS) is 11.9. The fourth-order valence-electron chi connectivity index (χ4n) is 2.52. The lowest BCUT2D eigenvalue weighted by Crippen LogP contribution is -2.13. The minimum absolute atomic E-state index is 0.318. The highest BCUT2D eigenvalue weighted by atomic mass is 32.2. The summed E-state index contributed by atoms with van der Waals surface area (Å²) in [7, 11) is -3.62. The molecule has 7 heteroatoms. The van der Waals surface area contributed by atoms with Crippen LogP contribution in [0.2, 0.25) is 0 Å². The van der Waals surface area contributed by atoms with E-state index in [-0.39, 0.29) is 0 Å². The highest BCUT2D eigenvalue weighted by molar-refractivity contribution is 7.93. The number of hydrogen-bond donors (Lipinski definition) is 1. The molecule has 0 atom stereocenters. The third kappa shape index (κ3) is 4.00. The molecular formula is C19H22N2O2S3. The van der Waals surface area contributed by atoms with Crippen molar-refractivity contribution in [3.8, 4) is 9.88 Å². The van der Waals surface area contributed by atoms with Crippen LogP contribution in [0.4, 0.5) is 5.69 Å². The van der Waals surface area contributed by atoms with Gasteiger partial charge in [0.15, 0.2) is 0 Å². The lowest BCUT2D eigenvalue weighted by molar-refractivity contribution is 0.601. The number of nitrogens with one attached hydrogen (secondary N) is 1. The highest BCUT2D eigenvalue weighted by Gasteiger charge is 2.22. The van der Waals surface area contributed by atoms with Crippen molar-refractivity contribution in [2.24, 2.45) is 0 Å². The van der Waals surface area contributed by atoms with Crippen LogP contribution in [0, 0.1) is 6.92 Å². The second kappa shape index (κ2) is 7.50. The maximum absolute atomic E-state index is 12.8. The minimum Gasteiger partial charge on any atom is -0.280 e. The van der Waals surface area contributed by atoms with Crippen molar-refractivity contribution in [1.82, 2.24) is 4.98 Å². The van der Waals surface area contributed by atoms with Gasteiger partial charge in [0.1, 0.15) is 9.90 Å². The first-order valence-electron chi connectivity index (χ1n) is 8.48. The summed E-state index contributed by atoms with van der Waals surface area (Å²) >= 11 is 3.02. The van der Waals surface area contributed by atoms with Crippen LogP contribution < -0.4 is 4.72 Å². The molecule has 0 spiro atoms. The Kier molecular flexibility index (Phi) is 5.50. The molecule has 1 aromatic carbocycles. The Hall–Kier alpha value is -1.70. The molecule has 4 nitrogen and oxygen atoms in total. The van der Waals surface area contributed by atoms with Crippen molar-refractivity contribution < 1.29 is 8.42 Å². The number of rotatable bonds is 6. The van der Waals surface area contributed by atoms with Crippen LogP contribution in [-0.4, -0.2) is 13.4 Å². The molecule has 0 saturated heterocycles. The minimum atomic E-state index is -3.62. The molecule has 0 aliphatic rings. The van der Waals surface area contributed by atoms with Gasteiger partial charge in [0.05, 0.1) is 10.6 Å². The smallest absolute Gasteiger partial charge is 0.263 e. The Balaban J connectivity index is 1.88. The highest BCUT2D eigenvalue weighted by Crippen LogP contribution is 2.36. The van der Waals surface area contributed by atoms with Crippen LogP contribution in [-0.2, 0) is 16.4 Å². The predicted molar refractivity (Wildman–Crippen MR) is 111 cm³/mol. The molecule has 3 rings (SSSR count). The van der Waals surface area contributed by atoms with Crippen molar-refractivity contribution in [3.63, 3.8) is 0 Å². The summed E-state index contributed by atoms with van der Waals surface area (Å²) in [5.74, 6) is 0.358. The van der Waals surface area contributed by atoms with Gasteiger partial charge in [-0.25, -0.2) is 13.4 Å². The molecule has 0 saturated carbocycles. The quantitative estimate of drug-likeness (QED) is 0.574. The molecule has 3 aromatic rings. The summed E-state index contributed by atoms with van der Waals surface area (Å²) in [5, 5.41) is 2.91. The molecule has 0 aliphatic heterocycles. The van der Waals surface area contributed by atoms with E-state index in [0.29, 0.717) is 16.5 Å². The van der Waals surface area contributed by atoms with E-state index in [4.69, 9.17) is 0 Å². The second-order valence-electron chi connectivity index (χ2n) is 6.42. The number of hydrogen-bond acceptors (Lipinski definition) is 5. The van der Waals surface area contributed by atoms with Gasteiger partial charge in [0.25, 0.3) is 10.0 Å². The van der Waals surface area contributed by atoms with Crippen molar-refractivity contribution in [3.05, 3.63) is 51.8 Å². The first-order valence-corrected chi connectivity index (χ1v) is 11.7. The Morgan fingerprint density at radius 2 is 1.88 bits per heavy atom. The molecule has 0 fully saturated rings. The number of thiophene rings is 1. The van der Waals surface area contributed by atoms with Crippen molar-refractivity contribution in [2.75, 3.05) is 4.72 Å². The van der Waals surface area contributed by atoms with Crippen molar-refractivity contribution >= 4 is 38.4 Å². The Labute approximate surface area is 163 Å². The third-order valence-electron chi connectivity index (χ3n) is 4.10. The SMILES string of the molecule is CCc1ccc(NS(=O)(=O)c2cc(-c3nc(C(C)C)cs3)sc2C)cc1. The van der Waals surface area contributed by atoms with Crippen LogP contribution >= 0.6 is 22.7 Å². The molecule has 0 amide bonds. The van der Waals surface area contributed by atoms with E-state index in [1.807, 2.05) is 24.4 Å². The lowest BCUT2D eigenvalue weighted by Gasteiger charge is -2.08. The molecule has 0 unspecified atom stereocenters. The Morgan fingerprint density at radius 1 is 1.19 bits per heavy atom. The number of aromatic nitrogens is 1. The Bertz CT molecular complexity index is 1000. The molecule has 2 aromatic heterocycles. The molecule has 26 heavy (non-hydrogen) atoms. The van der Waals surface area contributed by atoms with Crippen LogP contribution in [0.5, 0.6) is 0 Å². The molecule has 2 heterocycles. The number of thiazole rings is 1. The van der Waals surface area contributed by atoms with E-state index in [2.05, 4.69) is 30.5 Å². The summed E-state index contributed by atoms with van der Waals surface area (Å²) in [6, 6.07) is 9.20. The fourth-order valence-corrected chi connectivity index (χ4v) is 6.22. The first-order chi connectivity index (χ1) is 12.3. The average Bonchev–Trinajstić information content (AvgIpc) is 3.22. The van der Waals surface area contributed by atoms with Gasteiger partial charge in [-0.15, -0.1) is 22.7 Å². The molecule has 1 N–H and O–H groups in total. The van der Waals surface area contributed by atoms with Crippen molar-refractivity contribution in [2.45, 2.75) is 44.9 Å². The van der Waals surface area contributed by atoms with Gasteiger partial charge in [0.2, 0.25) is 0 Å². The molecule has 138 valence electrons. The van der Waals surface area contributed by atoms with E-state index in [9.17, 15) is 8.42 Å². The van der Waals surface area contributed by atoms with Gasteiger partial charge in [0, 0.05) is 15.9 Å². The zero-order valence-corrected chi connectivity index (χ0v) is 17.7. The molecule has 0 radical (unpaired) electrons. The van der Waals surface area contributed by atoms with E-state index in [1.165, 1.54) is 16.9 Å². The topological polar surface area (TPSA) is 59.1 Å². The molecule has 0 bridgehead atoms. The number of nitrogens with zero attached hydrogens (tertiary/aromatic N) is 1. The maximum atomic E-state index is 12.8. The Morgan fingerprint density at radius 3 is 2.46 bits per heavy atom. The van der Waals surface area contributed by atoms with Crippen LogP contribution in [0.1, 0.15) is 42.8 Å². The lowest BCUT2D eigenvalue weighted by atomic mass is 10.2. The fraction of sp³-hybridized carbons (Fsp3) is 0.316. The molecule has 0 aliphatic carbocycles. The van der Waals surface area contributed by atoms with Gasteiger partial charge < -0.3 is 0 Å². The van der Waals surface area contributed by atoms with Gasteiger partial charge in [-0.1, -0.05) is 32.9 Å². The largest absolute Gasteiger partial charge is 0.280 e. The zero-order valence-electron chi connectivity index (χ0n) is 15.2.